The molecule has 1 aromatic carbocycles. The first-order chi connectivity index (χ1) is 10.1. The molecule has 0 aliphatic heterocycles. The maximum absolute atomic E-state index is 10.4. The van der Waals surface area contributed by atoms with E-state index in [1.807, 2.05) is 6.92 Å². The molecule has 2 nitrogen and oxygen atoms in total. The van der Waals surface area contributed by atoms with Crippen LogP contribution in [0.1, 0.15) is 51.0 Å². The van der Waals surface area contributed by atoms with Crippen LogP contribution in [-0.4, -0.2) is 16.8 Å². The Morgan fingerprint density at radius 2 is 1.81 bits per heavy atom. The normalized spacial score (nSPS) is 42.2. The van der Waals surface area contributed by atoms with E-state index < -0.39 is 0 Å². The molecule has 0 radical (unpaired) electrons. The molecule has 4 aliphatic rings. The second-order valence-electron chi connectivity index (χ2n) is 7.96. The second-order valence-corrected chi connectivity index (χ2v) is 7.96. The molecule has 0 spiro atoms. The third-order valence-corrected chi connectivity index (χ3v) is 6.33. The van der Waals surface area contributed by atoms with Crippen molar-refractivity contribution in [3.8, 4) is 0 Å². The molecule has 21 heavy (non-hydrogen) atoms. The van der Waals surface area contributed by atoms with Crippen LogP contribution in [0.4, 0.5) is 0 Å². The minimum atomic E-state index is -0.192. The Kier molecular flexibility index (Phi) is 3.16. The molecule has 4 aliphatic carbocycles. The highest BCUT2D eigenvalue weighted by molar-refractivity contribution is 5.15. The summed E-state index contributed by atoms with van der Waals surface area (Å²) in [6, 6.07) is 10.5. The third kappa shape index (κ3) is 2.33. The predicted molar refractivity (Wildman–Crippen MR) is 82.8 cm³/mol. The Morgan fingerprint density at radius 3 is 2.43 bits per heavy atom. The van der Waals surface area contributed by atoms with Gasteiger partial charge in [-0.2, -0.15) is 0 Å². The van der Waals surface area contributed by atoms with Crippen molar-refractivity contribution in [3.05, 3.63) is 35.9 Å². The van der Waals surface area contributed by atoms with Gasteiger partial charge >= 0.3 is 0 Å². The van der Waals surface area contributed by atoms with Gasteiger partial charge in [-0.1, -0.05) is 30.3 Å². The van der Waals surface area contributed by atoms with E-state index in [4.69, 9.17) is 4.74 Å². The molecule has 0 amide bonds. The average Bonchev–Trinajstić information content (AvgIpc) is 2.45. The van der Waals surface area contributed by atoms with Gasteiger partial charge < -0.3 is 9.84 Å². The number of rotatable bonds is 4. The molecule has 4 saturated carbocycles. The van der Waals surface area contributed by atoms with E-state index in [9.17, 15) is 5.11 Å². The van der Waals surface area contributed by atoms with E-state index in [1.54, 1.807) is 0 Å². The summed E-state index contributed by atoms with van der Waals surface area (Å²) in [5.74, 6) is 1.55. The minimum absolute atomic E-state index is 0.0386. The van der Waals surface area contributed by atoms with Crippen molar-refractivity contribution in [2.24, 2.45) is 17.3 Å². The minimum Gasteiger partial charge on any atom is -0.393 e. The molecule has 2 heteroatoms. The van der Waals surface area contributed by atoms with Gasteiger partial charge in [0.2, 0.25) is 0 Å². The zero-order valence-corrected chi connectivity index (χ0v) is 12.9. The smallest absolute Gasteiger partial charge is 0.0724 e. The third-order valence-electron chi connectivity index (χ3n) is 6.33. The van der Waals surface area contributed by atoms with Crippen molar-refractivity contribution >= 4 is 0 Å². The van der Waals surface area contributed by atoms with Gasteiger partial charge in [-0.15, -0.1) is 0 Å². The average molecular weight is 286 g/mol. The maximum atomic E-state index is 10.4. The molecule has 114 valence electrons. The lowest BCUT2D eigenvalue weighted by molar-refractivity contribution is -0.219. The van der Waals surface area contributed by atoms with Gasteiger partial charge in [-0.3, -0.25) is 0 Å². The molecule has 5 atom stereocenters. The molecule has 0 aromatic heterocycles. The zero-order chi connectivity index (χ0) is 14.5. The Balaban J connectivity index is 1.54. The topological polar surface area (TPSA) is 29.5 Å². The monoisotopic (exact) mass is 286 g/mol. The van der Waals surface area contributed by atoms with Gasteiger partial charge in [0.15, 0.2) is 0 Å². The van der Waals surface area contributed by atoms with E-state index in [-0.39, 0.29) is 17.1 Å². The fraction of sp³-hybridized carbons (Fsp3) is 0.684. The van der Waals surface area contributed by atoms with Crippen LogP contribution in [0.2, 0.25) is 0 Å². The van der Waals surface area contributed by atoms with Crippen molar-refractivity contribution in [2.45, 2.75) is 63.8 Å². The standard InChI is InChI=1S/C19H26O2/c1-14(20)18-8-16-7-17(9-18)11-19(10-16,13-18)21-12-15-5-3-2-4-6-15/h2-6,14,16-17,20H,7-13H2,1H3/t14-,16-,17+,18?,19?/m0/s1. The highest BCUT2D eigenvalue weighted by atomic mass is 16.5. The molecular formula is C19H26O2. The Morgan fingerprint density at radius 1 is 1.14 bits per heavy atom. The fourth-order valence-electron chi connectivity index (χ4n) is 5.72. The molecule has 1 aromatic rings. The highest BCUT2D eigenvalue weighted by Gasteiger charge is 2.59. The number of benzene rings is 1. The van der Waals surface area contributed by atoms with Gasteiger partial charge in [0, 0.05) is 0 Å². The summed E-state index contributed by atoms with van der Waals surface area (Å²) >= 11 is 0. The van der Waals surface area contributed by atoms with Gasteiger partial charge in [-0.25, -0.2) is 0 Å². The predicted octanol–water partition coefficient (Wildman–Crippen LogP) is 3.92. The van der Waals surface area contributed by atoms with Crippen LogP contribution < -0.4 is 0 Å². The first kappa shape index (κ1) is 13.8. The van der Waals surface area contributed by atoms with Crippen molar-refractivity contribution in [3.63, 3.8) is 0 Å². The van der Waals surface area contributed by atoms with E-state index >= 15 is 0 Å². The summed E-state index contributed by atoms with van der Waals surface area (Å²) in [7, 11) is 0. The Labute approximate surface area is 127 Å². The summed E-state index contributed by atoms with van der Waals surface area (Å²) in [6.07, 6.45) is 7.11. The number of hydrogen-bond donors (Lipinski definition) is 1. The quantitative estimate of drug-likeness (QED) is 0.909. The van der Waals surface area contributed by atoms with E-state index in [1.165, 1.54) is 37.7 Å². The molecule has 2 unspecified atom stereocenters. The lowest BCUT2D eigenvalue weighted by Gasteiger charge is -2.62. The molecule has 0 heterocycles. The number of aliphatic hydroxyl groups excluding tert-OH is 1. The van der Waals surface area contributed by atoms with Crippen LogP contribution in [0.3, 0.4) is 0 Å². The van der Waals surface area contributed by atoms with Gasteiger partial charge in [0.1, 0.15) is 0 Å². The van der Waals surface area contributed by atoms with Gasteiger partial charge in [0.05, 0.1) is 18.3 Å². The van der Waals surface area contributed by atoms with Crippen molar-refractivity contribution < 1.29 is 9.84 Å². The lowest BCUT2D eigenvalue weighted by Crippen LogP contribution is -2.59. The summed E-state index contributed by atoms with van der Waals surface area (Å²) in [5, 5.41) is 10.4. The molecule has 1 N–H and O–H groups in total. The number of aliphatic hydroxyl groups is 1. The molecular weight excluding hydrogens is 260 g/mol. The van der Waals surface area contributed by atoms with Crippen LogP contribution in [0.15, 0.2) is 30.3 Å². The zero-order valence-electron chi connectivity index (χ0n) is 12.9. The van der Waals surface area contributed by atoms with Crippen molar-refractivity contribution in [2.75, 3.05) is 0 Å². The van der Waals surface area contributed by atoms with Crippen LogP contribution >= 0.6 is 0 Å². The molecule has 4 fully saturated rings. The summed E-state index contributed by atoms with van der Waals surface area (Å²) in [5.41, 5.74) is 1.44. The van der Waals surface area contributed by atoms with Gasteiger partial charge in [0.25, 0.3) is 0 Å². The lowest BCUT2D eigenvalue weighted by atomic mass is 9.46. The summed E-state index contributed by atoms with van der Waals surface area (Å²) in [6.45, 7) is 2.72. The van der Waals surface area contributed by atoms with Crippen LogP contribution in [0, 0.1) is 17.3 Å². The van der Waals surface area contributed by atoms with E-state index in [0.717, 1.165) is 24.9 Å². The van der Waals surface area contributed by atoms with Crippen LogP contribution in [0.25, 0.3) is 0 Å². The van der Waals surface area contributed by atoms with Crippen LogP contribution in [0.5, 0.6) is 0 Å². The SMILES string of the molecule is C[C@H](O)C12C[C@@H]3C[C@@H](CC(OCc4ccccc4)(C3)C1)C2. The van der Waals surface area contributed by atoms with Crippen LogP contribution in [-0.2, 0) is 11.3 Å². The van der Waals surface area contributed by atoms with Gasteiger partial charge in [-0.05, 0) is 68.3 Å². The molecule has 5 rings (SSSR count). The highest BCUT2D eigenvalue weighted by Crippen LogP contribution is 2.64. The second kappa shape index (κ2) is 4.82. The van der Waals surface area contributed by atoms with Crippen molar-refractivity contribution in [1.29, 1.82) is 0 Å². The Hall–Kier alpha value is -0.860. The fourth-order valence-corrected chi connectivity index (χ4v) is 5.72. The van der Waals surface area contributed by atoms with Crippen molar-refractivity contribution in [1.82, 2.24) is 0 Å². The first-order valence-corrected chi connectivity index (χ1v) is 8.45. The first-order valence-electron chi connectivity index (χ1n) is 8.45. The Bertz CT molecular complexity index is 494. The molecule has 4 bridgehead atoms. The van der Waals surface area contributed by atoms with E-state index in [0.29, 0.717) is 0 Å². The summed E-state index contributed by atoms with van der Waals surface area (Å²) in [4.78, 5) is 0. The van der Waals surface area contributed by atoms with E-state index in [2.05, 4.69) is 30.3 Å². The maximum Gasteiger partial charge on any atom is 0.0724 e. The summed E-state index contributed by atoms with van der Waals surface area (Å²) < 4.78 is 6.49. The number of hydrogen-bond acceptors (Lipinski definition) is 2. The molecule has 0 saturated heterocycles. The number of ether oxygens (including phenoxy) is 1. The largest absolute Gasteiger partial charge is 0.393 e.